The van der Waals surface area contributed by atoms with Crippen LogP contribution in [-0.2, 0) is 16.1 Å². The Morgan fingerprint density at radius 2 is 2.00 bits per heavy atom. The minimum absolute atomic E-state index is 0.0656. The second-order valence-corrected chi connectivity index (χ2v) is 7.19. The Morgan fingerprint density at radius 3 is 2.65 bits per heavy atom. The van der Waals surface area contributed by atoms with Crippen LogP contribution < -0.4 is 5.56 Å². The molecule has 0 atom stereocenters. The summed E-state index contributed by atoms with van der Waals surface area (Å²) in [5.74, 6) is -0.181. The number of thioether (sulfide) groups is 1. The van der Waals surface area contributed by atoms with E-state index in [2.05, 4.69) is 4.98 Å². The molecule has 0 aliphatic rings. The number of hydrogen-bond donors (Lipinski definition) is 0. The molecule has 23 heavy (non-hydrogen) atoms. The van der Waals surface area contributed by atoms with E-state index in [0.29, 0.717) is 22.6 Å². The molecule has 0 aliphatic carbocycles. The fraction of sp³-hybridized carbons (Fsp3) is 0.471. The van der Waals surface area contributed by atoms with Crippen molar-refractivity contribution in [3.05, 3.63) is 34.6 Å². The summed E-state index contributed by atoms with van der Waals surface area (Å²) in [5.41, 5.74) is 0.0676. The van der Waals surface area contributed by atoms with Crippen molar-refractivity contribution in [2.45, 2.75) is 51.4 Å². The van der Waals surface area contributed by atoms with Gasteiger partial charge in [-0.15, -0.1) is 0 Å². The number of hydrogen-bond acceptors (Lipinski definition) is 5. The molecule has 0 saturated heterocycles. The van der Waals surface area contributed by atoms with Crippen molar-refractivity contribution in [1.82, 2.24) is 9.55 Å². The number of nitrogens with zero attached hydrogens (tertiary/aromatic N) is 2. The molecule has 0 unspecified atom stereocenters. The lowest BCUT2D eigenvalue weighted by Gasteiger charge is -2.19. The standard InChI is InChI=1S/C17H22N2O3S/c1-5-10-19-15(21)12-8-6-7-9-13(12)18-16(19)23-11-14(20)22-17(2,3)4/h6-9H,5,10-11H2,1-4H3. The van der Waals surface area contributed by atoms with Crippen molar-refractivity contribution in [3.63, 3.8) is 0 Å². The minimum Gasteiger partial charge on any atom is -0.459 e. The fourth-order valence-corrected chi connectivity index (χ4v) is 2.97. The number of rotatable bonds is 5. The normalized spacial score (nSPS) is 11.7. The van der Waals surface area contributed by atoms with Gasteiger partial charge >= 0.3 is 5.97 Å². The highest BCUT2D eigenvalue weighted by Gasteiger charge is 2.18. The van der Waals surface area contributed by atoms with Crippen molar-refractivity contribution in [1.29, 1.82) is 0 Å². The molecule has 2 rings (SSSR count). The van der Waals surface area contributed by atoms with Crippen LogP contribution in [0.2, 0.25) is 0 Å². The van der Waals surface area contributed by atoms with E-state index in [4.69, 9.17) is 4.74 Å². The lowest BCUT2D eigenvalue weighted by atomic mass is 10.2. The summed E-state index contributed by atoms with van der Waals surface area (Å²) in [6, 6.07) is 7.26. The number of fused-ring (bicyclic) bond motifs is 1. The Balaban J connectivity index is 2.30. The Kier molecular flexibility index (Phi) is 5.46. The van der Waals surface area contributed by atoms with E-state index in [0.717, 1.165) is 6.42 Å². The van der Waals surface area contributed by atoms with Crippen molar-refractivity contribution in [3.8, 4) is 0 Å². The molecule has 0 N–H and O–H groups in total. The van der Waals surface area contributed by atoms with Crippen molar-refractivity contribution < 1.29 is 9.53 Å². The predicted molar refractivity (Wildman–Crippen MR) is 92.9 cm³/mol. The van der Waals surface area contributed by atoms with E-state index < -0.39 is 5.60 Å². The van der Waals surface area contributed by atoms with Gasteiger partial charge in [-0.05, 0) is 39.3 Å². The number of benzene rings is 1. The van der Waals surface area contributed by atoms with E-state index in [9.17, 15) is 9.59 Å². The molecule has 1 aromatic carbocycles. The number of ether oxygens (including phenoxy) is 1. The molecule has 0 aliphatic heterocycles. The number of carbonyl (C=O) groups is 1. The van der Waals surface area contributed by atoms with Gasteiger partial charge in [0.15, 0.2) is 5.16 Å². The Bertz CT molecular complexity index is 763. The summed E-state index contributed by atoms with van der Waals surface area (Å²) in [6.07, 6.45) is 0.819. The van der Waals surface area contributed by atoms with Gasteiger partial charge in [-0.1, -0.05) is 30.8 Å². The van der Waals surface area contributed by atoms with Gasteiger partial charge in [0.1, 0.15) is 5.60 Å². The van der Waals surface area contributed by atoms with Crippen LogP contribution in [0.4, 0.5) is 0 Å². The highest BCUT2D eigenvalue weighted by atomic mass is 32.2. The van der Waals surface area contributed by atoms with Gasteiger partial charge in [0, 0.05) is 6.54 Å². The summed E-state index contributed by atoms with van der Waals surface area (Å²) in [7, 11) is 0. The Labute approximate surface area is 140 Å². The third-order valence-electron chi connectivity index (χ3n) is 3.01. The van der Waals surface area contributed by atoms with Crippen molar-refractivity contribution in [2.75, 3.05) is 5.75 Å². The second-order valence-electron chi connectivity index (χ2n) is 6.24. The van der Waals surface area contributed by atoms with Crippen LogP contribution in [0.25, 0.3) is 10.9 Å². The SMILES string of the molecule is CCCn1c(SCC(=O)OC(C)(C)C)nc2ccccc2c1=O. The zero-order valence-corrected chi connectivity index (χ0v) is 14.8. The van der Waals surface area contributed by atoms with Crippen LogP contribution >= 0.6 is 11.8 Å². The molecule has 0 bridgehead atoms. The molecule has 1 heterocycles. The number of para-hydroxylation sites is 1. The smallest absolute Gasteiger partial charge is 0.316 e. The highest BCUT2D eigenvalue weighted by Crippen LogP contribution is 2.19. The van der Waals surface area contributed by atoms with Crippen LogP contribution in [0.15, 0.2) is 34.2 Å². The first-order valence-corrected chi connectivity index (χ1v) is 8.64. The molecule has 5 nitrogen and oxygen atoms in total. The molecule has 1 aromatic heterocycles. The molecule has 0 fully saturated rings. The van der Waals surface area contributed by atoms with Gasteiger partial charge in [0.2, 0.25) is 0 Å². The Morgan fingerprint density at radius 1 is 1.30 bits per heavy atom. The van der Waals surface area contributed by atoms with E-state index >= 15 is 0 Å². The van der Waals surface area contributed by atoms with E-state index in [-0.39, 0.29) is 17.3 Å². The molecule has 0 saturated carbocycles. The van der Waals surface area contributed by atoms with Gasteiger partial charge in [-0.3, -0.25) is 14.2 Å². The summed E-state index contributed by atoms with van der Waals surface area (Å²) in [5, 5.41) is 1.16. The first-order valence-electron chi connectivity index (χ1n) is 7.66. The lowest BCUT2D eigenvalue weighted by molar-refractivity contribution is -0.151. The highest BCUT2D eigenvalue weighted by molar-refractivity contribution is 7.99. The maximum absolute atomic E-state index is 12.6. The van der Waals surface area contributed by atoms with Crippen molar-refractivity contribution in [2.24, 2.45) is 0 Å². The quantitative estimate of drug-likeness (QED) is 0.477. The van der Waals surface area contributed by atoms with Gasteiger partial charge in [-0.2, -0.15) is 0 Å². The first-order chi connectivity index (χ1) is 10.8. The number of esters is 1. The molecule has 6 heteroatoms. The summed E-state index contributed by atoms with van der Waals surface area (Å²) < 4.78 is 6.94. The van der Waals surface area contributed by atoms with Crippen molar-refractivity contribution >= 4 is 28.6 Å². The largest absolute Gasteiger partial charge is 0.459 e. The first kappa shape index (κ1) is 17.5. The van der Waals surface area contributed by atoms with Gasteiger partial charge < -0.3 is 4.74 Å². The molecule has 0 radical (unpaired) electrons. The monoisotopic (exact) mass is 334 g/mol. The Hall–Kier alpha value is -1.82. The van der Waals surface area contributed by atoms with Crippen LogP contribution in [-0.4, -0.2) is 26.9 Å². The molecule has 0 amide bonds. The summed E-state index contributed by atoms with van der Waals surface area (Å²) >= 11 is 1.24. The summed E-state index contributed by atoms with van der Waals surface area (Å²) in [6.45, 7) is 8.07. The third-order valence-corrected chi connectivity index (χ3v) is 3.96. The molecule has 2 aromatic rings. The second kappa shape index (κ2) is 7.17. The third kappa shape index (κ3) is 4.58. The molecular weight excluding hydrogens is 312 g/mol. The van der Waals surface area contributed by atoms with E-state index in [1.807, 2.05) is 45.9 Å². The minimum atomic E-state index is -0.516. The number of aromatic nitrogens is 2. The maximum atomic E-state index is 12.6. The van der Waals surface area contributed by atoms with E-state index in [1.165, 1.54) is 11.8 Å². The van der Waals surface area contributed by atoms with Gasteiger partial charge in [0.05, 0.1) is 16.7 Å². The number of carbonyl (C=O) groups excluding carboxylic acids is 1. The molecular formula is C17H22N2O3S. The average molecular weight is 334 g/mol. The van der Waals surface area contributed by atoms with Crippen LogP contribution in [0, 0.1) is 0 Å². The molecule has 0 spiro atoms. The summed E-state index contributed by atoms with van der Waals surface area (Å²) in [4.78, 5) is 29.0. The zero-order valence-electron chi connectivity index (χ0n) is 14.0. The lowest BCUT2D eigenvalue weighted by Crippen LogP contribution is -2.26. The van der Waals surface area contributed by atoms with Gasteiger partial charge in [-0.25, -0.2) is 4.98 Å². The average Bonchev–Trinajstić information content (AvgIpc) is 2.47. The predicted octanol–water partition coefficient (Wildman–Crippen LogP) is 3.24. The maximum Gasteiger partial charge on any atom is 0.316 e. The van der Waals surface area contributed by atoms with Gasteiger partial charge in [0.25, 0.3) is 5.56 Å². The van der Waals surface area contributed by atoms with Crippen LogP contribution in [0.3, 0.4) is 0 Å². The zero-order chi connectivity index (χ0) is 17.0. The van der Waals surface area contributed by atoms with Crippen LogP contribution in [0.5, 0.6) is 0 Å². The fourth-order valence-electron chi connectivity index (χ4n) is 2.17. The van der Waals surface area contributed by atoms with Crippen LogP contribution in [0.1, 0.15) is 34.1 Å². The molecule has 124 valence electrons. The van der Waals surface area contributed by atoms with E-state index in [1.54, 1.807) is 10.6 Å². The topological polar surface area (TPSA) is 61.2 Å².